The molecule has 5 rings (SSSR count). The molecule has 0 N–H and O–H groups in total. The van der Waals surface area contributed by atoms with Gasteiger partial charge in [-0.1, -0.05) is 36.4 Å². The quantitative estimate of drug-likeness (QED) is 0.406. The van der Waals surface area contributed by atoms with E-state index in [-0.39, 0.29) is 5.91 Å². The lowest BCUT2D eigenvalue weighted by Gasteiger charge is -2.35. The number of fused-ring (bicyclic) bond motifs is 2. The van der Waals surface area contributed by atoms with Gasteiger partial charge < -0.3 is 14.2 Å². The van der Waals surface area contributed by atoms with E-state index in [9.17, 15) is 4.79 Å². The van der Waals surface area contributed by atoms with Crippen LogP contribution < -0.4 is 4.90 Å². The molecular weight excluding hydrogens is 418 g/mol. The van der Waals surface area contributed by atoms with Gasteiger partial charge in [0.05, 0.1) is 5.01 Å². The van der Waals surface area contributed by atoms with Crippen LogP contribution >= 0.6 is 11.3 Å². The Kier molecular flexibility index (Phi) is 5.81. The summed E-state index contributed by atoms with van der Waals surface area (Å²) in [6.45, 7) is 1.75. The lowest BCUT2D eigenvalue weighted by atomic mass is 9.91. The number of carbonyl (C=O) groups is 1. The Balaban J connectivity index is 1.28. The highest BCUT2D eigenvalue weighted by atomic mass is 32.1. The summed E-state index contributed by atoms with van der Waals surface area (Å²) in [5.74, 6) is 1.39. The Morgan fingerprint density at radius 1 is 1.19 bits per heavy atom. The molecule has 0 saturated heterocycles. The van der Waals surface area contributed by atoms with Gasteiger partial charge in [-0.3, -0.25) is 4.79 Å². The summed E-state index contributed by atoms with van der Waals surface area (Å²) in [6.07, 6.45) is 2.11. The van der Waals surface area contributed by atoms with E-state index in [0.717, 1.165) is 52.6 Å². The van der Waals surface area contributed by atoms with Gasteiger partial charge in [0.1, 0.15) is 11.3 Å². The fourth-order valence-electron chi connectivity index (χ4n) is 4.55. The summed E-state index contributed by atoms with van der Waals surface area (Å²) in [5, 5.41) is 4.05. The first-order chi connectivity index (χ1) is 15.6. The predicted octanol–water partition coefficient (Wildman–Crippen LogP) is 5.26. The first-order valence-corrected chi connectivity index (χ1v) is 11.9. The molecule has 1 aliphatic heterocycles. The molecule has 0 fully saturated rings. The van der Waals surface area contributed by atoms with Crippen LogP contribution in [0.4, 0.5) is 5.69 Å². The van der Waals surface area contributed by atoms with Crippen molar-refractivity contribution < 1.29 is 9.21 Å². The standard InChI is InChI=1S/C26H27N3O2S/c1-28(2)15-18-13-19-7-3-5-9-22(19)29(16-18)26(30)12-11-25-27-21(17-32-25)24-14-20-8-4-6-10-23(20)31-24/h3-10,14,17-18H,11-13,15-16H2,1-2H3. The van der Waals surface area contributed by atoms with Crippen molar-refractivity contribution in [3.8, 4) is 11.5 Å². The number of amides is 1. The van der Waals surface area contributed by atoms with Crippen molar-refractivity contribution in [3.05, 3.63) is 70.5 Å². The SMILES string of the molecule is CN(C)CC1Cc2ccccc2N(C(=O)CCc2nc(-c3cc4ccccc4o3)cs2)C1. The van der Waals surface area contributed by atoms with Gasteiger partial charge in [-0.2, -0.15) is 0 Å². The smallest absolute Gasteiger partial charge is 0.227 e. The fraction of sp³-hybridized carbons (Fsp3) is 0.308. The van der Waals surface area contributed by atoms with Crippen molar-refractivity contribution in [2.24, 2.45) is 5.92 Å². The number of rotatable bonds is 6. The van der Waals surface area contributed by atoms with Crippen molar-refractivity contribution in [1.29, 1.82) is 0 Å². The maximum Gasteiger partial charge on any atom is 0.227 e. The van der Waals surface area contributed by atoms with Crippen molar-refractivity contribution in [1.82, 2.24) is 9.88 Å². The van der Waals surface area contributed by atoms with Crippen molar-refractivity contribution in [3.63, 3.8) is 0 Å². The number of aromatic nitrogens is 1. The summed E-state index contributed by atoms with van der Waals surface area (Å²) < 4.78 is 5.94. The molecule has 164 valence electrons. The van der Waals surface area contributed by atoms with Crippen LogP contribution in [0, 0.1) is 5.92 Å². The van der Waals surface area contributed by atoms with E-state index < -0.39 is 0 Å². The van der Waals surface area contributed by atoms with Gasteiger partial charge in [-0.15, -0.1) is 11.3 Å². The third kappa shape index (κ3) is 4.33. The molecule has 4 aromatic rings. The number of benzene rings is 2. The van der Waals surface area contributed by atoms with Crippen molar-refractivity contribution in [2.75, 3.05) is 32.1 Å². The Morgan fingerprint density at radius 2 is 2.00 bits per heavy atom. The molecule has 3 heterocycles. The number of carbonyl (C=O) groups excluding carboxylic acids is 1. The Labute approximate surface area is 192 Å². The highest BCUT2D eigenvalue weighted by Crippen LogP contribution is 2.32. The predicted molar refractivity (Wildman–Crippen MR) is 130 cm³/mol. The summed E-state index contributed by atoms with van der Waals surface area (Å²) in [6, 6.07) is 18.3. The van der Waals surface area contributed by atoms with Crippen LogP contribution in [0.3, 0.4) is 0 Å². The minimum absolute atomic E-state index is 0.168. The molecule has 32 heavy (non-hydrogen) atoms. The molecule has 1 aliphatic rings. The molecule has 0 aliphatic carbocycles. The van der Waals surface area contributed by atoms with Gasteiger partial charge in [-0.05, 0) is 50.2 Å². The summed E-state index contributed by atoms with van der Waals surface area (Å²) in [5.41, 5.74) is 4.03. The number of nitrogens with zero attached hydrogens (tertiary/aromatic N) is 3. The number of hydrogen-bond donors (Lipinski definition) is 0. The van der Waals surface area contributed by atoms with Gasteiger partial charge in [0.2, 0.25) is 5.91 Å². The first kappa shape index (κ1) is 20.9. The summed E-state index contributed by atoms with van der Waals surface area (Å²) in [4.78, 5) is 22.2. The van der Waals surface area contributed by atoms with E-state index in [4.69, 9.17) is 9.40 Å². The maximum atomic E-state index is 13.2. The normalized spacial score (nSPS) is 16.0. The Hall–Kier alpha value is -2.96. The van der Waals surface area contributed by atoms with E-state index in [2.05, 4.69) is 37.2 Å². The van der Waals surface area contributed by atoms with Crippen LogP contribution in [-0.2, 0) is 17.6 Å². The monoisotopic (exact) mass is 445 g/mol. The number of para-hydroxylation sites is 2. The Morgan fingerprint density at radius 3 is 2.84 bits per heavy atom. The van der Waals surface area contributed by atoms with Gasteiger partial charge in [0.15, 0.2) is 5.76 Å². The zero-order chi connectivity index (χ0) is 22.1. The number of thiazole rings is 1. The van der Waals surface area contributed by atoms with E-state index in [1.807, 2.05) is 46.7 Å². The molecule has 0 spiro atoms. The van der Waals surface area contributed by atoms with Crippen LogP contribution in [0.1, 0.15) is 17.0 Å². The van der Waals surface area contributed by atoms with E-state index in [0.29, 0.717) is 18.8 Å². The molecule has 2 aromatic heterocycles. The minimum Gasteiger partial charge on any atom is -0.454 e. The molecule has 0 radical (unpaired) electrons. The zero-order valence-corrected chi connectivity index (χ0v) is 19.3. The van der Waals surface area contributed by atoms with Gasteiger partial charge in [0.25, 0.3) is 0 Å². The average Bonchev–Trinajstić information content (AvgIpc) is 3.43. The second kappa shape index (κ2) is 8.88. The first-order valence-electron chi connectivity index (χ1n) is 11.0. The molecule has 1 unspecified atom stereocenters. The summed E-state index contributed by atoms with van der Waals surface area (Å²) >= 11 is 1.59. The van der Waals surface area contributed by atoms with Crippen molar-refractivity contribution in [2.45, 2.75) is 19.3 Å². The number of anilines is 1. The third-order valence-corrected chi connectivity index (χ3v) is 6.85. The zero-order valence-electron chi connectivity index (χ0n) is 18.5. The molecule has 1 amide bonds. The minimum atomic E-state index is 0.168. The fourth-order valence-corrected chi connectivity index (χ4v) is 5.34. The number of hydrogen-bond acceptors (Lipinski definition) is 5. The maximum absolute atomic E-state index is 13.2. The van der Waals surface area contributed by atoms with E-state index in [1.165, 1.54) is 5.56 Å². The topological polar surface area (TPSA) is 49.6 Å². The third-order valence-electron chi connectivity index (χ3n) is 5.94. The van der Waals surface area contributed by atoms with Crippen LogP contribution in [0.5, 0.6) is 0 Å². The van der Waals surface area contributed by atoms with Crippen LogP contribution in [-0.4, -0.2) is 43.0 Å². The van der Waals surface area contributed by atoms with Crippen LogP contribution in [0.15, 0.2) is 64.4 Å². The summed E-state index contributed by atoms with van der Waals surface area (Å²) in [7, 11) is 4.18. The molecule has 1 atom stereocenters. The lowest BCUT2D eigenvalue weighted by molar-refractivity contribution is -0.118. The molecule has 2 aromatic carbocycles. The second-order valence-corrected chi connectivity index (χ2v) is 9.68. The molecule has 6 heteroatoms. The lowest BCUT2D eigenvalue weighted by Crippen LogP contribution is -2.43. The van der Waals surface area contributed by atoms with Gasteiger partial charge in [-0.25, -0.2) is 4.98 Å². The average molecular weight is 446 g/mol. The molecule has 5 nitrogen and oxygen atoms in total. The number of aryl methyl sites for hydroxylation is 1. The highest BCUT2D eigenvalue weighted by Gasteiger charge is 2.28. The molecular formula is C26H27N3O2S. The number of furan rings is 1. The second-order valence-electron chi connectivity index (χ2n) is 8.74. The van der Waals surface area contributed by atoms with Crippen LogP contribution in [0.25, 0.3) is 22.4 Å². The molecule has 0 saturated carbocycles. The van der Waals surface area contributed by atoms with E-state index in [1.54, 1.807) is 11.3 Å². The highest BCUT2D eigenvalue weighted by molar-refractivity contribution is 7.09. The Bertz CT molecular complexity index is 1210. The van der Waals surface area contributed by atoms with E-state index >= 15 is 0 Å². The van der Waals surface area contributed by atoms with Crippen LogP contribution in [0.2, 0.25) is 0 Å². The van der Waals surface area contributed by atoms with Gasteiger partial charge in [0, 0.05) is 42.4 Å². The van der Waals surface area contributed by atoms with Gasteiger partial charge >= 0.3 is 0 Å². The van der Waals surface area contributed by atoms with Crippen molar-refractivity contribution >= 4 is 33.9 Å². The molecule has 0 bridgehead atoms. The largest absolute Gasteiger partial charge is 0.454 e.